The Bertz CT molecular complexity index is 612. The van der Waals surface area contributed by atoms with Crippen molar-refractivity contribution in [1.29, 1.82) is 0 Å². The van der Waals surface area contributed by atoms with E-state index in [0.717, 1.165) is 14.6 Å². The highest BCUT2D eigenvalue weighted by atomic mass is 79.9. The summed E-state index contributed by atoms with van der Waals surface area (Å²) in [5.41, 5.74) is 0.583. The maximum absolute atomic E-state index is 11.5. The van der Waals surface area contributed by atoms with E-state index in [1.165, 1.54) is 13.1 Å². The van der Waals surface area contributed by atoms with Gasteiger partial charge in [-0.2, -0.15) is 0 Å². The lowest BCUT2D eigenvalue weighted by Crippen LogP contribution is -2.32. The van der Waals surface area contributed by atoms with Crippen molar-refractivity contribution in [3.8, 4) is 11.3 Å². The molecule has 0 fully saturated rings. The Morgan fingerprint density at radius 1 is 1.25 bits per heavy atom. The summed E-state index contributed by atoms with van der Waals surface area (Å²) >= 11 is 3.34. The average Bonchev–Trinajstić information content (AvgIpc) is 2.25. The van der Waals surface area contributed by atoms with Crippen molar-refractivity contribution < 1.29 is 0 Å². The molecule has 2 aromatic rings. The first-order chi connectivity index (χ1) is 7.58. The number of benzene rings is 1. The molecule has 0 aliphatic heterocycles. The molecule has 1 N–H and O–H groups in total. The van der Waals surface area contributed by atoms with Gasteiger partial charge in [-0.25, -0.2) is 4.79 Å². The van der Waals surface area contributed by atoms with E-state index in [1.807, 2.05) is 24.3 Å². The molecule has 0 bridgehead atoms. The molecular formula is C11H9BrN2O2. The quantitative estimate of drug-likeness (QED) is 0.861. The fourth-order valence-electron chi connectivity index (χ4n) is 1.37. The number of halogens is 1. The molecule has 0 amide bonds. The molecule has 0 aliphatic carbocycles. The van der Waals surface area contributed by atoms with E-state index >= 15 is 0 Å². The van der Waals surface area contributed by atoms with Gasteiger partial charge in [-0.3, -0.25) is 9.36 Å². The number of aromatic nitrogens is 2. The number of hydrogen-bond donors (Lipinski definition) is 1. The van der Waals surface area contributed by atoms with Crippen LogP contribution in [0.15, 0.2) is 44.4 Å². The molecule has 1 aromatic carbocycles. The van der Waals surface area contributed by atoms with Gasteiger partial charge in [-0.1, -0.05) is 28.1 Å². The molecule has 0 unspecified atom stereocenters. The highest BCUT2D eigenvalue weighted by molar-refractivity contribution is 9.10. The predicted molar refractivity (Wildman–Crippen MR) is 65.4 cm³/mol. The van der Waals surface area contributed by atoms with E-state index in [9.17, 15) is 9.59 Å². The second-order valence-electron chi connectivity index (χ2n) is 3.40. The van der Waals surface area contributed by atoms with Gasteiger partial charge < -0.3 is 4.98 Å². The van der Waals surface area contributed by atoms with Crippen molar-refractivity contribution >= 4 is 15.9 Å². The Morgan fingerprint density at radius 2 is 2.00 bits per heavy atom. The summed E-state index contributed by atoms with van der Waals surface area (Å²) in [5, 5.41) is 0. The first-order valence-corrected chi connectivity index (χ1v) is 5.43. The fourth-order valence-corrected chi connectivity index (χ4v) is 1.77. The molecule has 0 saturated carbocycles. The summed E-state index contributed by atoms with van der Waals surface area (Å²) in [6.45, 7) is 0. The van der Waals surface area contributed by atoms with E-state index in [-0.39, 0.29) is 5.56 Å². The highest BCUT2D eigenvalue weighted by Crippen LogP contribution is 2.19. The molecule has 0 aliphatic rings. The summed E-state index contributed by atoms with van der Waals surface area (Å²) in [6, 6.07) is 8.79. The Labute approximate surface area is 99.7 Å². The lowest BCUT2D eigenvalue weighted by Gasteiger charge is -2.02. The standard InChI is InChI=1S/C11H9BrN2O2/c1-14-10(15)6-9(13-11(14)16)7-3-2-4-8(12)5-7/h2-6H,1H3,(H,13,16). The van der Waals surface area contributed by atoms with Crippen LogP contribution in [-0.4, -0.2) is 9.55 Å². The van der Waals surface area contributed by atoms with Gasteiger partial charge in [0.15, 0.2) is 0 Å². The molecule has 4 nitrogen and oxygen atoms in total. The van der Waals surface area contributed by atoms with Crippen molar-refractivity contribution in [2.24, 2.45) is 7.05 Å². The Balaban J connectivity index is 2.66. The van der Waals surface area contributed by atoms with Crippen molar-refractivity contribution in [2.75, 3.05) is 0 Å². The van der Waals surface area contributed by atoms with Crippen LogP contribution in [0.3, 0.4) is 0 Å². The number of aromatic amines is 1. The molecule has 5 heteroatoms. The van der Waals surface area contributed by atoms with E-state index in [0.29, 0.717) is 5.69 Å². The number of nitrogens with one attached hydrogen (secondary N) is 1. The Hall–Kier alpha value is -1.62. The third-order valence-corrected chi connectivity index (χ3v) is 2.77. The zero-order chi connectivity index (χ0) is 11.7. The summed E-state index contributed by atoms with van der Waals surface area (Å²) < 4.78 is 1.92. The largest absolute Gasteiger partial charge is 0.328 e. The molecule has 1 aromatic heterocycles. The zero-order valence-corrected chi connectivity index (χ0v) is 10.1. The van der Waals surface area contributed by atoms with Gasteiger partial charge in [0.1, 0.15) is 0 Å². The van der Waals surface area contributed by atoms with Crippen molar-refractivity contribution in [3.05, 3.63) is 55.6 Å². The number of H-pyrrole nitrogens is 1. The topological polar surface area (TPSA) is 54.9 Å². The first-order valence-electron chi connectivity index (χ1n) is 4.64. The molecule has 0 spiro atoms. The molecule has 16 heavy (non-hydrogen) atoms. The second kappa shape index (κ2) is 4.09. The van der Waals surface area contributed by atoms with E-state index in [2.05, 4.69) is 20.9 Å². The van der Waals surface area contributed by atoms with Crippen LogP contribution in [0, 0.1) is 0 Å². The minimum atomic E-state index is -0.414. The molecule has 82 valence electrons. The van der Waals surface area contributed by atoms with Crippen LogP contribution in [0.5, 0.6) is 0 Å². The number of nitrogens with zero attached hydrogens (tertiary/aromatic N) is 1. The summed E-state index contributed by atoms with van der Waals surface area (Å²) in [5.74, 6) is 0. The van der Waals surface area contributed by atoms with Crippen molar-refractivity contribution in [1.82, 2.24) is 9.55 Å². The van der Waals surface area contributed by atoms with Gasteiger partial charge in [0.2, 0.25) is 0 Å². The average molecular weight is 281 g/mol. The lowest BCUT2D eigenvalue weighted by molar-refractivity contribution is 0.778. The van der Waals surface area contributed by atoms with E-state index in [4.69, 9.17) is 0 Å². The first kappa shape index (κ1) is 10.9. The SMILES string of the molecule is Cn1c(=O)cc(-c2cccc(Br)c2)[nH]c1=O. The molecule has 0 radical (unpaired) electrons. The van der Waals surface area contributed by atoms with Crippen molar-refractivity contribution in [2.45, 2.75) is 0 Å². The molecule has 0 saturated heterocycles. The van der Waals surface area contributed by atoms with Gasteiger partial charge in [0.05, 0.1) is 5.69 Å². The van der Waals surface area contributed by atoms with Crippen LogP contribution < -0.4 is 11.2 Å². The minimum Gasteiger partial charge on any atom is -0.307 e. The Morgan fingerprint density at radius 3 is 2.62 bits per heavy atom. The van der Waals surface area contributed by atoms with E-state index in [1.54, 1.807) is 0 Å². The summed E-state index contributed by atoms with van der Waals surface area (Å²) in [4.78, 5) is 25.5. The second-order valence-corrected chi connectivity index (χ2v) is 4.31. The van der Waals surface area contributed by atoms with Crippen LogP contribution in [-0.2, 0) is 7.05 Å². The molecule has 2 rings (SSSR count). The van der Waals surface area contributed by atoms with Crippen LogP contribution in [0.25, 0.3) is 11.3 Å². The lowest BCUT2D eigenvalue weighted by atomic mass is 10.1. The van der Waals surface area contributed by atoms with Crippen LogP contribution in [0.1, 0.15) is 0 Å². The highest BCUT2D eigenvalue weighted by Gasteiger charge is 2.03. The summed E-state index contributed by atoms with van der Waals surface area (Å²) in [7, 11) is 1.44. The molecule has 1 heterocycles. The van der Waals surface area contributed by atoms with Gasteiger partial charge in [0.25, 0.3) is 5.56 Å². The zero-order valence-electron chi connectivity index (χ0n) is 8.53. The monoisotopic (exact) mass is 280 g/mol. The van der Waals surface area contributed by atoms with Crippen molar-refractivity contribution in [3.63, 3.8) is 0 Å². The van der Waals surface area contributed by atoms with Crippen LogP contribution >= 0.6 is 15.9 Å². The van der Waals surface area contributed by atoms with Crippen LogP contribution in [0.2, 0.25) is 0 Å². The van der Waals surface area contributed by atoms with Gasteiger partial charge in [0, 0.05) is 17.6 Å². The minimum absolute atomic E-state index is 0.321. The third kappa shape index (κ3) is 1.99. The maximum atomic E-state index is 11.5. The van der Waals surface area contributed by atoms with E-state index < -0.39 is 5.69 Å². The summed E-state index contributed by atoms with van der Waals surface area (Å²) in [6.07, 6.45) is 0. The number of hydrogen-bond acceptors (Lipinski definition) is 2. The predicted octanol–water partition coefficient (Wildman–Crippen LogP) is 1.50. The third-order valence-electron chi connectivity index (χ3n) is 2.28. The van der Waals surface area contributed by atoms with Gasteiger partial charge in [-0.05, 0) is 17.7 Å². The maximum Gasteiger partial charge on any atom is 0.328 e. The smallest absolute Gasteiger partial charge is 0.307 e. The molecular weight excluding hydrogens is 272 g/mol. The number of rotatable bonds is 1. The molecule has 0 atom stereocenters. The van der Waals surface area contributed by atoms with Gasteiger partial charge in [-0.15, -0.1) is 0 Å². The van der Waals surface area contributed by atoms with Crippen LogP contribution in [0.4, 0.5) is 0 Å². The normalized spacial score (nSPS) is 10.4. The fraction of sp³-hybridized carbons (Fsp3) is 0.0909. The Kier molecular flexibility index (Phi) is 2.78. The van der Waals surface area contributed by atoms with Gasteiger partial charge >= 0.3 is 5.69 Å².